The Morgan fingerprint density at radius 1 is 0.769 bits per heavy atom. The lowest BCUT2D eigenvalue weighted by molar-refractivity contribution is -0.0315. The number of hydrogen-bond acceptors (Lipinski definition) is 3. The molecule has 4 aliphatic rings. The molecule has 0 aliphatic heterocycles. The molecule has 26 heavy (non-hydrogen) atoms. The van der Waals surface area contributed by atoms with Gasteiger partial charge in [-0.15, -0.1) is 0 Å². The van der Waals surface area contributed by atoms with Crippen molar-refractivity contribution in [2.75, 3.05) is 13.3 Å². The highest BCUT2D eigenvalue weighted by Gasteiger charge is 2.64. The predicted octanol–water partition coefficient (Wildman–Crippen LogP) is 4.86. The van der Waals surface area contributed by atoms with Crippen molar-refractivity contribution in [3.63, 3.8) is 0 Å². The van der Waals surface area contributed by atoms with Crippen LogP contribution in [0, 0.1) is 33.5 Å². The maximum absolute atomic E-state index is 6.80. The Morgan fingerprint density at radius 3 is 1.46 bits per heavy atom. The Hall–Kier alpha value is 0.0969. The number of fused-ring (bicyclic) bond motifs is 4. The van der Waals surface area contributed by atoms with Crippen molar-refractivity contribution in [3.8, 4) is 0 Å². The second kappa shape index (κ2) is 6.05. The molecule has 0 radical (unpaired) electrons. The summed E-state index contributed by atoms with van der Waals surface area (Å²) < 4.78 is 19.2. The van der Waals surface area contributed by atoms with Gasteiger partial charge in [-0.1, -0.05) is 41.5 Å². The van der Waals surface area contributed by atoms with Crippen LogP contribution < -0.4 is 0 Å². The third-order valence-corrected chi connectivity index (χ3v) is 12.2. The van der Waals surface area contributed by atoms with E-state index in [2.05, 4.69) is 41.5 Å². The van der Waals surface area contributed by atoms with Crippen LogP contribution in [0.4, 0.5) is 0 Å². The minimum absolute atomic E-state index is 0.303. The predicted molar refractivity (Wildman–Crippen MR) is 107 cm³/mol. The molecule has 0 aromatic rings. The Balaban J connectivity index is 1.47. The fourth-order valence-corrected chi connectivity index (χ4v) is 9.33. The normalized spacial score (nSPS) is 48.0. The standard InChI is InChI=1S/C22H40O3Si/c1-19(2)15-8-10-21(19,5)17(12-15)24-26(14-23-7)25-18-13-16-9-11-22(18,6)20(16,3)4/h15-18,26H,8-14H2,1-7H3/t15-,16-,17-,18-,21-,22-/m1/s1. The van der Waals surface area contributed by atoms with Crippen molar-refractivity contribution >= 4 is 9.28 Å². The topological polar surface area (TPSA) is 27.7 Å². The molecule has 0 unspecified atom stereocenters. The van der Waals surface area contributed by atoms with Crippen LogP contribution in [0.2, 0.25) is 0 Å². The first-order valence-corrected chi connectivity index (χ1v) is 12.6. The molecule has 0 N–H and O–H groups in total. The lowest BCUT2D eigenvalue weighted by atomic mass is 9.70. The van der Waals surface area contributed by atoms with E-state index >= 15 is 0 Å². The van der Waals surface area contributed by atoms with Gasteiger partial charge < -0.3 is 13.6 Å². The highest BCUT2D eigenvalue weighted by molar-refractivity contribution is 6.44. The molecular weight excluding hydrogens is 340 g/mol. The minimum atomic E-state index is -1.83. The summed E-state index contributed by atoms with van der Waals surface area (Å²) in [5, 5.41) is 0. The molecule has 4 bridgehead atoms. The fourth-order valence-electron chi connectivity index (χ4n) is 7.29. The molecule has 4 saturated carbocycles. The summed E-state index contributed by atoms with van der Waals surface area (Å²) in [5.41, 5.74) is 1.39. The monoisotopic (exact) mass is 380 g/mol. The molecule has 0 aromatic carbocycles. The van der Waals surface area contributed by atoms with Crippen molar-refractivity contribution in [2.24, 2.45) is 33.5 Å². The van der Waals surface area contributed by atoms with Crippen molar-refractivity contribution in [2.45, 2.75) is 92.3 Å². The Kier molecular flexibility index (Phi) is 4.51. The molecule has 150 valence electrons. The zero-order valence-electron chi connectivity index (χ0n) is 18.1. The van der Waals surface area contributed by atoms with Crippen LogP contribution in [0.3, 0.4) is 0 Å². The van der Waals surface area contributed by atoms with E-state index in [0.717, 1.165) is 11.8 Å². The Morgan fingerprint density at radius 2 is 1.19 bits per heavy atom. The average molecular weight is 381 g/mol. The van der Waals surface area contributed by atoms with Gasteiger partial charge in [0.1, 0.15) is 0 Å². The molecule has 4 fully saturated rings. The highest BCUT2D eigenvalue weighted by Crippen LogP contribution is 2.67. The van der Waals surface area contributed by atoms with Crippen molar-refractivity contribution in [1.29, 1.82) is 0 Å². The van der Waals surface area contributed by atoms with Crippen LogP contribution >= 0.6 is 0 Å². The lowest BCUT2D eigenvalue weighted by Crippen LogP contribution is -2.47. The maximum Gasteiger partial charge on any atom is 0.348 e. The van der Waals surface area contributed by atoms with Gasteiger partial charge in [0, 0.05) is 7.11 Å². The summed E-state index contributed by atoms with van der Waals surface area (Å²) in [7, 11) is -0.0320. The number of ether oxygens (including phenoxy) is 1. The summed E-state index contributed by atoms with van der Waals surface area (Å²) in [6.45, 7) is 14.8. The van der Waals surface area contributed by atoms with Crippen LogP contribution in [-0.2, 0) is 13.6 Å². The van der Waals surface area contributed by atoms with E-state index in [-0.39, 0.29) is 0 Å². The fraction of sp³-hybridized carbons (Fsp3) is 1.00. The first kappa shape index (κ1) is 19.4. The van der Waals surface area contributed by atoms with Gasteiger partial charge in [0.25, 0.3) is 0 Å². The summed E-state index contributed by atoms with van der Waals surface area (Å²) in [6, 6.07) is 0. The van der Waals surface area contributed by atoms with Gasteiger partial charge >= 0.3 is 9.28 Å². The number of hydrogen-bond donors (Lipinski definition) is 0. The van der Waals surface area contributed by atoms with Gasteiger partial charge in [-0.2, -0.15) is 0 Å². The third kappa shape index (κ3) is 2.41. The molecule has 4 aliphatic carbocycles. The van der Waals surface area contributed by atoms with Crippen molar-refractivity contribution < 1.29 is 13.6 Å². The summed E-state index contributed by atoms with van der Waals surface area (Å²) in [5.74, 6) is 1.63. The second-order valence-corrected chi connectivity index (χ2v) is 13.1. The number of methoxy groups -OCH3 is 1. The molecule has 0 amide bonds. The summed E-state index contributed by atoms with van der Waals surface area (Å²) in [4.78, 5) is 0. The van der Waals surface area contributed by atoms with E-state index in [0.29, 0.717) is 40.1 Å². The van der Waals surface area contributed by atoms with Gasteiger partial charge in [-0.3, -0.25) is 0 Å². The third-order valence-electron chi connectivity index (χ3n) is 10.4. The second-order valence-electron chi connectivity index (χ2n) is 11.4. The zero-order chi connectivity index (χ0) is 19.0. The van der Waals surface area contributed by atoms with Crippen LogP contribution in [0.15, 0.2) is 0 Å². The van der Waals surface area contributed by atoms with Crippen LogP contribution in [0.1, 0.15) is 80.1 Å². The van der Waals surface area contributed by atoms with Crippen molar-refractivity contribution in [3.05, 3.63) is 0 Å². The number of rotatable bonds is 6. The van der Waals surface area contributed by atoms with E-state index < -0.39 is 9.28 Å². The van der Waals surface area contributed by atoms with Gasteiger partial charge in [0.05, 0.1) is 18.4 Å². The smallest absolute Gasteiger partial charge is 0.348 e. The van der Waals surface area contributed by atoms with Gasteiger partial charge in [-0.05, 0) is 72.0 Å². The van der Waals surface area contributed by atoms with E-state index in [9.17, 15) is 0 Å². The molecule has 6 atom stereocenters. The summed E-state index contributed by atoms with van der Waals surface area (Å²) >= 11 is 0. The molecule has 4 rings (SSSR count). The quantitative estimate of drug-likeness (QED) is 0.616. The van der Waals surface area contributed by atoms with Crippen LogP contribution in [0.5, 0.6) is 0 Å². The first-order valence-electron chi connectivity index (χ1n) is 10.9. The Labute approximate surface area is 162 Å². The summed E-state index contributed by atoms with van der Waals surface area (Å²) in [6.07, 6.45) is 9.19. The van der Waals surface area contributed by atoms with Crippen LogP contribution in [-0.4, -0.2) is 34.8 Å². The minimum Gasteiger partial charge on any atom is -0.392 e. The largest absolute Gasteiger partial charge is 0.392 e. The molecule has 0 saturated heterocycles. The lowest BCUT2D eigenvalue weighted by Gasteiger charge is -2.42. The highest BCUT2D eigenvalue weighted by atomic mass is 28.3. The molecule has 0 aromatic heterocycles. The molecule has 3 nitrogen and oxygen atoms in total. The van der Waals surface area contributed by atoms with Gasteiger partial charge in [0.15, 0.2) is 0 Å². The molecule has 0 heterocycles. The van der Waals surface area contributed by atoms with Crippen molar-refractivity contribution in [1.82, 2.24) is 0 Å². The molecule has 4 heteroatoms. The average Bonchev–Trinajstić information content (AvgIpc) is 3.07. The van der Waals surface area contributed by atoms with E-state index in [1.807, 2.05) is 0 Å². The molecular formula is C22H40O3Si. The van der Waals surface area contributed by atoms with E-state index in [1.54, 1.807) is 7.11 Å². The Bertz CT molecular complexity index is 516. The van der Waals surface area contributed by atoms with Gasteiger partial charge in [0.2, 0.25) is 0 Å². The van der Waals surface area contributed by atoms with E-state index in [1.165, 1.54) is 38.5 Å². The van der Waals surface area contributed by atoms with Gasteiger partial charge in [-0.25, -0.2) is 0 Å². The zero-order valence-corrected chi connectivity index (χ0v) is 19.2. The maximum atomic E-state index is 6.80. The first-order chi connectivity index (χ1) is 12.1. The van der Waals surface area contributed by atoms with Crippen LogP contribution in [0.25, 0.3) is 0 Å². The SMILES string of the molecule is COC[SiH](O[C@@H]1C[C@H]2CC[C@@]1(C)C2(C)C)O[C@@H]1C[C@H]2CC[C@@]1(C)C2(C)C. The van der Waals surface area contributed by atoms with E-state index in [4.69, 9.17) is 13.6 Å². The molecule has 0 spiro atoms.